The normalized spacial score (nSPS) is 15.6. The van der Waals surface area contributed by atoms with Crippen molar-refractivity contribution in [2.24, 2.45) is 0 Å². The van der Waals surface area contributed by atoms with Gasteiger partial charge in [0.1, 0.15) is 24.3 Å². The van der Waals surface area contributed by atoms with Crippen LogP contribution in [-0.4, -0.2) is 17.5 Å². The second-order valence-corrected chi connectivity index (χ2v) is 5.64. The Balaban J connectivity index is 1.85. The molecule has 1 atom stereocenters. The fourth-order valence-corrected chi connectivity index (χ4v) is 3.05. The number of hydrogen-bond donors (Lipinski definition) is 2. The number of rotatable bonds is 3. The van der Waals surface area contributed by atoms with Crippen LogP contribution in [-0.2, 0) is 0 Å². The molecule has 3 aromatic rings. The SMILES string of the molecule is C#CCOc1ccc2ccccc2c1C1NC(=O)c2cccnc2N1. The van der Waals surface area contributed by atoms with E-state index in [4.69, 9.17) is 11.2 Å². The Kier molecular flexibility index (Phi) is 3.71. The van der Waals surface area contributed by atoms with Gasteiger partial charge in [0.2, 0.25) is 0 Å². The summed E-state index contributed by atoms with van der Waals surface area (Å²) in [5.74, 6) is 3.48. The van der Waals surface area contributed by atoms with Gasteiger partial charge in [-0.15, -0.1) is 6.42 Å². The van der Waals surface area contributed by atoms with E-state index in [0.29, 0.717) is 17.1 Å². The monoisotopic (exact) mass is 329 g/mol. The number of amides is 1. The number of anilines is 1. The number of aromatic nitrogens is 1. The fraction of sp³-hybridized carbons (Fsp3) is 0.100. The summed E-state index contributed by atoms with van der Waals surface area (Å²) < 4.78 is 5.72. The minimum Gasteiger partial charge on any atom is -0.480 e. The van der Waals surface area contributed by atoms with Crippen LogP contribution in [0.15, 0.2) is 54.7 Å². The highest BCUT2D eigenvalue weighted by Gasteiger charge is 2.28. The van der Waals surface area contributed by atoms with Crippen molar-refractivity contribution in [1.82, 2.24) is 10.3 Å². The van der Waals surface area contributed by atoms with Crippen molar-refractivity contribution < 1.29 is 9.53 Å². The van der Waals surface area contributed by atoms with Crippen LogP contribution in [0.25, 0.3) is 10.8 Å². The fourth-order valence-electron chi connectivity index (χ4n) is 3.05. The van der Waals surface area contributed by atoms with Gasteiger partial charge in [0, 0.05) is 11.8 Å². The number of pyridine rings is 1. The third-order valence-electron chi connectivity index (χ3n) is 4.14. The molecule has 0 radical (unpaired) electrons. The zero-order valence-electron chi connectivity index (χ0n) is 13.3. The zero-order valence-corrected chi connectivity index (χ0v) is 13.3. The van der Waals surface area contributed by atoms with Gasteiger partial charge in [-0.3, -0.25) is 4.79 Å². The van der Waals surface area contributed by atoms with E-state index in [1.165, 1.54) is 0 Å². The first kappa shape index (κ1) is 15.0. The van der Waals surface area contributed by atoms with E-state index in [9.17, 15) is 4.79 Å². The van der Waals surface area contributed by atoms with E-state index >= 15 is 0 Å². The molecule has 122 valence electrons. The van der Waals surface area contributed by atoms with Gasteiger partial charge < -0.3 is 15.4 Å². The quantitative estimate of drug-likeness (QED) is 0.725. The topological polar surface area (TPSA) is 63.2 Å². The first-order chi connectivity index (χ1) is 12.3. The van der Waals surface area contributed by atoms with Crippen molar-refractivity contribution in [1.29, 1.82) is 0 Å². The van der Waals surface area contributed by atoms with Crippen molar-refractivity contribution in [2.75, 3.05) is 11.9 Å². The molecule has 2 aromatic carbocycles. The molecule has 0 bridgehead atoms. The predicted molar refractivity (Wildman–Crippen MR) is 96.3 cm³/mol. The number of fused-ring (bicyclic) bond motifs is 2. The van der Waals surface area contributed by atoms with E-state index < -0.39 is 6.17 Å². The molecule has 25 heavy (non-hydrogen) atoms. The first-order valence-electron chi connectivity index (χ1n) is 7.88. The van der Waals surface area contributed by atoms with Crippen LogP contribution in [0.3, 0.4) is 0 Å². The number of benzene rings is 2. The van der Waals surface area contributed by atoms with Crippen LogP contribution in [0.2, 0.25) is 0 Å². The summed E-state index contributed by atoms with van der Waals surface area (Å²) >= 11 is 0. The lowest BCUT2D eigenvalue weighted by Crippen LogP contribution is -2.39. The second kappa shape index (κ2) is 6.17. The van der Waals surface area contributed by atoms with Gasteiger partial charge in [0.25, 0.3) is 5.91 Å². The van der Waals surface area contributed by atoms with E-state index in [1.807, 2.05) is 36.4 Å². The number of carbonyl (C=O) groups is 1. The zero-order chi connectivity index (χ0) is 17.2. The average molecular weight is 329 g/mol. The molecule has 0 aliphatic carbocycles. The van der Waals surface area contributed by atoms with Gasteiger partial charge in [0.05, 0.1) is 5.56 Å². The molecule has 2 heterocycles. The highest BCUT2D eigenvalue weighted by molar-refractivity contribution is 6.01. The maximum atomic E-state index is 12.5. The Bertz CT molecular complexity index is 1010. The molecule has 0 fully saturated rings. The van der Waals surface area contributed by atoms with Gasteiger partial charge >= 0.3 is 0 Å². The van der Waals surface area contributed by atoms with Crippen LogP contribution >= 0.6 is 0 Å². The van der Waals surface area contributed by atoms with E-state index in [0.717, 1.165) is 16.3 Å². The summed E-state index contributed by atoms with van der Waals surface area (Å²) in [7, 11) is 0. The lowest BCUT2D eigenvalue weighted by molar-refractivity contribution is 0.0935. The highest BCUT2D eigenvalue weighted by Crippen LogP contribution is 2.35. The van der Waals surface area contributed by atoms with Gasteiger partial charge in [0.15, 0.2) is 0 Å². The third-order valence-corrected chi connectivity index (χ3v) is 4.14. The molecule has 1 unspecified atom stereocenters. The van der Waals surface area contributed by atoms with Crippen molar-refractivity contribution in [3.05, 3.63) is 65.9 Å². The summed E-state index contributed by atoms with van der Waals surface area (Å²) in [6.07, 6.45) is 6.52. The van der Waals surface area contributed by atoms with Crippen LogP contribution in [0.4, 0.5) is 5.82 Å². The smallest absolute Gasteiger partial charge is 0.256 e. The number of nitrogens with zero attached hydrogens (tertiary/aromatic N) is 1. The van der Waals surface area contributed by atoms with Gasteiger partial charge in [-0.1, -0.05) is 36.3 Å². The number of carbonyl (C=O) groups excluding carboxylic acids is 1. The molecular weight excluding hydrogens is 314 g/mol. The van der Waals surface area contributed by atoms with E-state index in [2.05, 4.69) is 21.5 Å². The molecule has 1 aliphatic heterocycles. The first-order valence-corrected chi connectivity index (χ1v) is 7.88. The third kappa shape index (κ3) is 2.64. The van der Waals surface area contributed by atoms with Crippen LogP contribution in [0.5, 0.6) is 5.75 Å². The molecule has 0 saturated heterocycles. The minimum absolute atomic E-state index is 0.154. The van der Waals surface area contributed by atoms with Crippen molar-refractivity contribution in [2.45, 2.75) is 6.17 Å². The van der Waals surface area contributed by atoms with Crippen molar-refractivity contribution in [3.8, 4) is 18.1 Å². The lowest BCUT2D eigenvalue weighted by Gasteiger charge is -2.29. The number of ether oxygens (including phenoxy) is 1. The van der Waals surface area contributed by atoms with Crippen molar-refractivity contribution in [3.63, 3.8) is 0 Å². The Hall–Kier alpha value is -3.52. The lowest BCUT2D eigenvalue weighted by atomic mass is 9.99. The van der Waals surface area contributed by atoms with Gasteiger partial charge in [-0.05, 0) is 29.0 Å². The number of hydrogen-bond acceptors (Lipinski definition) is 4. The molecule has 0 spiro atoms. The van der Waals surface area contributed by atoms with Crippen LogP contribution in [0.1, 0.15) is 22.1 Å². The molecular formula is C20H15N3O2. The van der Waals surface area contributed by atoms with Gasteiger partial charge in [-0.2, -0.15) is 0 Å². The molecule has 1 aromatic heterocycles. The number of terminal acetylenes is 1. The summed E-state index contributed by atoms with van der Waals surface area (Å²) in [6.45, 7) is 0.154. The maximum Gasteiger partial charge on any atom is 0.256 e. The second-order valence-electron chi connectivity index (χ2n) is 5.64. The Morgan fingerprint density at radius 1 is 1.12 bits per heavy atom. The summed E-state index contributed by atoms with van der Waals surface area (Å²) in [5.41, 5.74) is 1.35. The molecule has 5 heteroatoms. The molecule has 1 amide bonds. The predicted octanol–water partition coefficient (Wildman–Crippen LogP) is 3.10. The van der Waals surface area contributed by atoms with Crippen LogP contribution < -0.4 is 15.4 Å². The molecule has 2 N–H and O–H groups in total. The molecule has 4 rings (SSSR count). The Labute approximate surface area is 145 Å². The summed E-state index contributed by atoms with van der Waals surface area (Å²) in [5, 5.41) is 8.28. The molecule has 5 nitrogen and oxygen atoms in total. The summed E-state index contributed by atoms with van der Waals surface area (Å²) in [6, 6.07) is 15.2. The largest absolute Gasteiger partial charge is 0.480 e. The van der Waals surface area contributed by atoms with Crippen molar-refractivity contribution >= 4 is 22.5 Å². The molecule has 0 saturated carbocycles. The standard InChI is InChI=1S/C20H15N3O2/c1-2-12-25-16-10-9-13-6-3-4-7-14(13)17(16)19-22-18-15(20(24)23-19)8-5-11-21-18/h1,3-11,19H,12H2,(H,21,22)(H,23,24). The maximum absolute atomic E-state index is 12.5. The van der Waals surface area contributed by atoms with E-state index in [-0.39, 0.29) is 12.5 Å². The Morgan fingerprint density at radius 2 is 2.00 bits per heavy atom. The van der Waals surface area contributed by atoms with E-state index in [1.54, 1.807) is 18.3 Å². The minimum atomic E-state index is -0.464. The molecule has 1 aliphatic rings. The highest BCUT2D eigenvalue weighted by atomic mass is 16.5. The summed E-state index contributed by atoms with van der Waals surface area (Å²) in [4.78, 5) is 16.7. The number of nitrogens with one attached hydrogen (secondary N) is 2. The Morgan fingerprint density at radius 3 is 2.88 bits per heavy atom. The van der Waals surface area contributed by atoms with Gasteiger partial charge in [-0.25, -0.2) is 4.98 Å². The average Bonchev–Trinajstić information content (AvgIpc) is 2.65. The van der Waals surface area contributed by atoms with Crippen LogP contribution in [0, 0.1) is 12.3 Å².